The number of aromatic nitrogens is 1. The largest absolute Gasteiger partial charge is 0.371 e. The highest BCUT2D eigenvalue weighted by Gasteiger charge is 2.34. The molecule has 2 heterocycles. The van der Waals surface area contributed by atoms with Crippen molar-refractivity contribution in [1.82, 2.24) is 15.2 Å². The monoisotopic (exact) mass is 451 g/mol. The molecule has 0 unspecified atom stereocenters. The van der Waals surface area contributed by atoms with E-state index in [2.05, 4.69) is 39.0 Å². The van der Waals surface area contributed by atoms with E-state index >= 15 is 0 Å². The third-order valence-electron chi connectivity index (χ3n) is 4.50. The number of halogens is 1. The van der Waals surface area contributed by atoms with E-state index in [9.17, 15) is 9.90 Å². The molecule has 1 saturated heterocycles. The van der Waals surface area contributed by atoms with Gasteiger partial charge < -0.3 is 10.0 Å². The van der Waals surface area contributed by atoms with E-state index in [-0.39, 0.29) is 12.3 Å². The second-order valence-corrected chi connectivity index (χ2v) is 7.59. The Bertz CT molecular complexity index is 720. The highest BCUT2D eigenvalue weighted by atomic mass is 127. The molecule has 2 N–H and O–H groups in total. The van der Waals surface area contributed by atoms with Crippen molar-refractivity contribution in [2.24, 2.45) is 0 Å². The van der Waals surface area contributed by atoms with Crippen LogP contribution >= 0.6 is 22.6 Å². The van der Waals surface area contributed by atoms with Crippen LogP contribution in [-0.2, 0) is 17.1 Å². The molecular formula is C19H22IN3O2. The van der Waals surface area contributed by atoms with Crippen LogP contribution in [0.25, 0.3) is 0 Å². The number of amides is 1. The first-order valence-corrected chi connectivity index (χ1v) is 9.55. The van der Waals surface area contributed by atoms with Crippen LogP contribution in [-0.4, -0.2) is 34.0 Å². The third-order valence-corrected chi connectivity index (χ3v) is 5.17. The van der Waals surface area contributed by atoms with Crippen molar-refractivity contribution in [3.63, 3.8) is 0 Å². The molecule has 25 heavy (non-hydrogen) atoms. The van der Waals surface area contributed by atoms with Gasteiger partial charge in [-0.25, -0.2) is 0 Å². The molecule has 0 saturated carbocycles. The van der Waals surface area contributed by atoms with Crippen molar-refractivity contribution >= 4 is 28.5 Å². The second kappa shape index (κ2) is 8.25. The van der Waals surface area contributed by atoms with E-state index in [0.717, 1.165) is 35.1 Å². The lowest BCUT2D eigenvalue weighted by molar-refractivity contribution is -0.137. The molecule has 132 valence electrons. The molecule has 1 aromatic carbocycles. The normalized spacial score (nSPS) is 16.6. The fourth-order valence-electron chi connectivity index (χ4n) is 3.09. The van der Waals surface area contributed by atoms with Crippen LogP contribution in [0.15, 0.2) is 48.8 Å². The van der Waals surface area contributed by atoms with Crippen molar-refractivity contribution in [3.8, 4) is 0 Å². The van der Waals surface area contributed by atoms with Gasteiger partial charge in [-0.3, -0.25) is 15.1 Å². The number of likely N-dealkylation sites (tertiary alicyclic amines) is 1. The molecule has 0 bridgehead atoms. The molecule has 0 aliphatic carbocycles. The molecule has 5 nitrogen and oxygen atoms in total. The fourth-order valence-corrected chi connectivity index (χ4v) is 3.69. The standard InChI is InChI=1S/C19H22IN3O2/c20-17-5-3-4-15(12-17)14-22-19(25,16-6-8-21-9-7-16)13-18(24)23-10-1-2-11-23/h3-9,12,22,25H,1-2,10-11,13-14H2/t19-/m0/s1. The molecule has 1 fully saturated rings. The lowest BCUT2D eigenvalue weighted by Crippen LogP contribution is -2.46. The number of pyridine rings is 1. The molecule has 1 aromatic heterocycles. The van der Waals surface area contributed by atoms with E-state index in [4.69, 9.17) is 0 Å². The Labute approximate surface area is 161 Å². The van der Waals surface area contributed by atoms with Crippen LogP contribution in [0.5, 0.6) is 0 Å². The number of carbonyl (C=O) groups is 1. The van der Waals surface area contributed by atoms with Gasteiger partial charge in [-0.15, -0.1) is 0 Å². The summed E-state index contributed by atoms with van der Waals surface area (Å²) in [7, 11) is 0. The number of benzene rings is 1. The van der Waals surface area contributed by atoms with Crippen molar-refractivity contribution in [2.45, 2.75) is 31.5 Å². The van der Waals surface area contributed by atoms with Gasteiger partial charge in [-0.2, -0.15) is 0 Å². The number of rotatable bonds is 6. The Morgan fingerprint density at radius 2 is 1.96 bits per heavy atom. The Kier molecular flexibility index (Phi) is 6.03. The molecule has 0 spiro atoms. The van der Waals surface area contributed by atoms with E-state index in [1.807, 2.05) is 23.1 Å². The minimum atomic E-state index is -1.41. The van der Waals surface area contributed by atoms with Crippen molar-refractivity contribution in [3.05, 3.63) is 63.5 Å². The van der Waals surface area contributed by atoms with Gasteiger partial charge in [0, 0.05) is 41.2 Å². The lowest BCUT2D eigenvalue weighted by Gasteiger charge is -2.31. The summed E-state index contributed by atoms with van der Waals surface area (Å²) in [5.41, 5.74) is 0.304. The maximum absolute atomic E-state index is 12.6. The zero-order valence-corrected chi connectivity index (χ0v) is 16.1. The number of hydrogen-bond donors (Lipinski definition) is 2. The van der Waals surface area contributed by atoms with Gasteiger partial charge in [0.05, 0.1) is 6.42 Å². The Hall–Kier alpha value is -1.51. The first kappa shape index (κ1) is 18.3. The summed E-state index contributed by atoms with van der Waals surface area (Å²) >= 11 is 2.26. The molecule has 1 amide bonds. The maximum atomic E-state index is 12.6. The minimum absolute atomic E-state index is 0.0148. The van der Waals surface area contributed by atoms with Crippen LogP contribution < -0.4 is 5.32 Å². The van der Waals surface area contributed by atoms with E-state index in [1.54, 1.807) is 24.5 Å². The summed E-state index contributed by atoms with van der Waals surface area (Å²) in [4.78, 5) is 18.5. The smallest absolute Gasteiger partial charge is 0.227 e. The van der Waals surface area contributed by atoms with Gasteiger partial charge in [0.2, 0.25) is 5.91 Å². The molecule has 2 aromatic rings. The number of nitrogens with zero attached hydrogens (tertiary/aromatic N) is 2. The first-order valence-electron chi connectivity index (χ1n) is 8.47. The Morgan fingerprint density at radius 3 is 2.64 bits per heavy atom. The SMILES string of the molecule is O=C(C[C@@](O)(NCc1cccc(I)c1)c1ccncc1)N1CCCC1. The molecule has 6 heteroatoms. The number of hydrogen-bond acceptors (Lipinski definition) is 4. The lowest BCUT2D eigenvalue weighted by atomic mass is 9.99. The third kappa shape index (κ3) is 4.77. The van der Waals surface area contributed by atoms with Crippen LogP contribution in [0.3, 0.4) is 0 Å². The van der Waals surface area contributed by atoms with Crippen LogP contribution in [0, 0.1) is 3.57 Å². The average molecular weight is 451 g/mol. The molecule has 1 atom stereocenters. The van der Waals surface area contributed by atoms with Crippen LogP contribution in [0.4, 0.5) is 0 Å². The van der Waals surface area contributed by atoms with Crippen molar-refractivity contribution in [1.29, 1.82) is 0 Å². The predicted molar refractivity (Wildman–Crippen MR) is 105 cm³/mol. The van der Waals surface area contributed by atoms with Gasteiger partial charge in [-0.1, -0.05) is 12.1 Å². The minimum Gasteiger partial charge on any atom is -0.371 e. The maximum Gasteiger partial charge on any atom is 0.227 e. The van der Waals surface area contributed by atoms with Gasteiger partial charge in [0.15, 0.2) is 5.72 Å². The topological polar surface area (TPSA) is 65.5 Å². The zero-order valence-electron chi connectivity index (χ0n) is 14.0. The van der Waals surface area contributed by atoms with Gasteiger partial charge >= 0.3 is 0 Å². The fraction of sp³-hybridized carbons (Fsp3) is 0.368. The molecule has 1 aliphatic heterocycles. The molecule has 1 aliphatic rings. The first-order chi connectivity index (χ1) is 12.1. The van der Waals surface area contributed by atoms with Crippen molar-refractivity contribution in [2.75, 3.05) is 13.1 Å². The van der Waals surface area contributed by atoms with Crippen molar-refractivity contribution < 1.29 is 9.90 Å². The van der Waals surface area contributed by atoms with Gasteiger partial charge in [0.1, 0.15) is 0 Å². The highest BCUT2D eigenvalue weighted by Crippen LogP contribution is 2.25. The van der Waals surface area contributed by atoms with Crippen LogP contribution in [0.1, 0.15) is 30.4 Å². The van der Waals surface area contributed by atoms with Crippen LogP contribution in [0.2, 0.25) is 0 Å². The summed E-state index contributed by atoms with van der Waals surface area (Å²) in [6.07, 6.45) is 5.35. The summed E-state index contributed by atoms with van der Waals surface area (Å²) in [5, 5.41) is 14.4. The van der Waals surface area contributed by atoms with Gasteiger partial charge in [-0.05, 0) is 65.3 Å². The molecular weight excluding hydrogens is 429 g/mol. The quantitative estimate of drug-likeness (QED) is 0.524. The number of carbonyl (C=O) groups excluding carboxylic acids is 1. The number of aliphatic hydroxyl groups is 1. The molecule has 3 rings (SSSR count). The second-order valence-electron chi connectivity index (χ2n) is 6.34. The molecule has 0 radical (unpaired) electrons. The van der Waals surface area contributed by atoms with E-state index in [1.165, 1.54) is 0 Å². The predicted octanol–water partition coefficient (Wildman–Crippen LogP) is 2.63. The average Bonchev–Trinajstić information content (AvgIpc) is 3.16. The summed E-state index contributed by atoms with van der Waals surface area (Å²) in [6.45, 7) is 2.03. The summed E-state index contributed by atoms with van der Waals surface area (Å²) < 4.78 is 1.14. The highest BCUT2D eigenvalue weighted by molar-refractivity contribution is 14.1. The van der Waals surface area contributed by atoms with Gasteiger partial charge in [0.25, 0.3) is 0 Å². The summed E-state index contributed by atoms with van der Waals surface area (Å²) in [6, 6.07) is 11.6. The van der Waals surface area contributed by atoms with E-state index < -0.39 is 5.72 Å². The number of nitrogens with one attached hydrogen (secondary N) is 1. The van der Waals surface area contributed by atoms with E-state index in [0.29, 0.717) is 12.1 Å². The Balaban J connectivity index is 1.77. The Morgan fingerprint density at radius 1 is 1.24 bits per heavy atom. The summed E-state index contributed by atoms with van der Waals surface area (Å²) in [5.74, 6) is -0.0213. The zero-order chi connectivity index (χ0) is 17.7.